The molecule has 2 aromatic heterocycles. The number of benzene rings is 1. The van der Waals surface area contributed by atoms with Crippen molar-refractivity contribution in [3.05, 3.63) is 71.4 Å². The molecule has 0 aliphatic carbocycles. The van der Waals surface area contributed by atoms with Crippen LogP contribution in [0.4, 0.5) is 0 Å². The van der Waals surface area contributed by atoms with E-state index in [2.05, 4.69) is 16.5 Å². The number of aromatic nitrogens is 2. The number of hydrogen-bond donors (Lipinski definition) is 1. The highest BCUT2D eigenvalue weighted by molar-refractivity contribution is 5.91. The van der Waals surface area contributed by atoms with Crippen LogP contribution in [0.1, 0.15) is 66.5 Å². The Morgan fingerprint density at radius 1 is 1.14 bits per heavy atom. The predicted octanol–water partition coefficient (Wildman–Crippen LogP) is 4.37. The number of likely N-dealkylation sites (tertiary alicyclic amines) is 1. The third-order valence-electron chi connectivity index (χ3n) is 7.75. The lowest BCUT2D eigenvalue weighted by Gasteiger charge is -2.42. The number of amides is 2. The second kappa shape index (κ2) is 10.8. The van der Waals surface area contributed by atoms with Crippen LogP contribution < -0.4 is 10.1 Å². The third kappa shape index (κ3) is 5.89. The van der Waals surface area contributed by atoms with Crippen LogP contribution in [0.3, 0.4) is 0 Å². The van der Waals surface area contributed by atoms with Crippen LogP contribution >= 0.6 is 0 Å². The number of nitrogens with zero attached hydrogens (tertiary/aromatic N) is 3. The molecule has 8 nitrogen and oxygen atoms in total. The van der Waals surface area contributed by atoms with E-state index in [1.807, 2.05) is 42.3 Å². The molecule has 1 spiro atoms. The van der Waals surface area contributed by atoms with E-state index in [9.17, 15) is 9.59 Å². The van der Waals surface area contributed by atoms with E-state index in [1.54, 1.807) is 23.9 Å². The molecule has 37 heavy (non-hydrogen) atoms. The molecule has 0 bridgehead atoms. The summed E-state index contributed by atoms with van der Waals surface area (Å²) in [6.45, 7) is 6.20. The van der Waals surface area contributed by atoms with E-state index in [0.29, 0.717) is 37.7 Å². The van der Waals surface area contributed by atoms with Crippen LogP contribution in [0.15, 0.2) is 53.2 Å². The highest BCUT2D eigenvalue weighted by Gasteiger charge is 2.37. The van der Waals surface area contributed by atoms with Gasteiger partial charge in [0.2, 0.25) is 0 Å². The van der Waals surface area contributed by atoms with Crippen molar-refractivity contribution in [3.8, 4) is 5.75 Å². The van der Waals surface area contributed by atoms with Crippen LogP contribution in [0.25, 0.3) is 0 Å². The number of nitrogens with one attached hydrogen (secondary N) is 1. The summed E-state index contributed by atoms with van der Waals surface area (Å²) in [5.74, 6) is 1.71. The Kier molecular flexibility index (Phi) is 7.35. The first-order chi connectivity index (χ1) is 17.9. The zero-order valence-corrected chi connectivity index (χ0v) is 21.7. The summed E-state index contributed by atoms with van der Waals surface area (Å²) in [4.78, 5) is 27.9. The Bertz CT molecular complexity index is 1240. The molecule has 0 radical (unpaired) electrons. The van der Waals surface area contributed by atoms with Gasteiger partial charge in [0, 0.05) is 25.8 Å². The Balaban J connectivity index is 1.21. The van der Waals surface area contributed by atoms with Gasteiger partial charge < -0.3 is 19.4 Å². The minimum atomic E-state index is -0.557. The first kappa shape index (κ1) is 25.1. The molecule has 8 heteroatoms. The monoisotopic (exact) mass is 504 g/mol. The number of fused-ring (bicyclic) bond motifs is 1. The van der Waals surface area contributed by atoms with Crippen molar-refractivity contribution in [1.29, 1.82) is 0 Å². The Morgan fingerprint density at radius 3 is 2.73 bits per heavy atom. The van der Waals surface area contributed by atoms with E-state index in [-0.39, 0.29) is 17.2 Å². The summed E-state index contributed by atoms with van der Waals surface area (Å²) in [6, 6.07) is 11.6. The molecule has 3 aromatic rings. The Morgan fingerprint density at radius 2 is 1.95 bits per heavy atom. The van der Waals surface area contributed by atoms with E-state index in [0.717, 1.165) is 55.4 Å². The maximum absolute atomic E-state index is 13.2. The largest absolute Gasteiger partial charge is 0.481 e. The average Bonchev–Trinajstić information content (AvgIpc) is 3.54. The fraction of sp³-hybridized carbons (Fsp3) is 0.483. The van der Waals surface area contributed by atoms with Gasteiger partial charge in [-0.1, -0.05) is 24.6 Å². The van der Waals surface area contributed by atoms with Crippen molar-refractivity contribution in [2.24, 2.45) is 5.41 Å². The summed E-state index contributed by atoms with van der Waals surface area (Å²) in [5.41, 5.74) is 2.22. The molecule has 1 aromatic carbocycles. The molecular formula is C29H36N4O4. The van der Waals surface area contributed by atoms with Crippen LogP contribution in [-0.2, 0) is 17.8 Å². The van der Waals surface area contributed by atoms with E-state index < -0.39 is 6.10 Å². The molecule has 0 saturated carbocycles. The first-order valence-electron chi connectivity index (χ1n) is 13.3. The van der Waals surface area contributed by atoms with Crippen molar-refractivity contribution in [2.75, 3.05) is 19.6 Å². The summed E-state index contributed by atoms with van der Waals surface area (Å²) >= 11 is 0. The number of carbonyl (C=O) groups excluding carboxylic acids is 2. The second-order valence-corrected chi connectivity index (χ2v) is 10.6. The van der Waals surface area contributed by atoms with Gasteiger partial charge in [-0.05, 0) is 80.7 Å². The van der Waals surface area contributed by atoms with Gasteiger partial charge >= 0.3 is 0 Å². The summed E-state index contributed by atoms with van der Waals surface area (Å²) in [5, 5.41) is 7.44. The second-order valence-electron chi connectivity index (χ2n) is 10.6. The summed E-state index contributed by atoms with van der Waals surface area (Å²) < 4.78 is 13.7. The minimum absolute atomic E-state index is 0.0167. The smallest absolute Gasteiger partial charge is 0.289 e. The Hall–Kier alpha value is -3.55. The van der Waals surface area contributed by atoms with Gasteiger partial charge in [0.05, 0.1) is 12.7 Å². The first-order valence-corrected chi connectivity index (χ1v) is 13.3. The standard InChI is InChI=1S/C29H36N4O4/c1-21-17-31-33(18-21)19-24-10-11-26(37-24)28(35)32-15-13-29(14-16-32)12-6-5-8-23-7-3-4-9-25(23)36-22(2)27(34)30-20-29/h3-4,7,9-11,17-18,22H,5-6,8,12-16,19-20H2,1-2H3,(H,30,34)/t22-/m1/s1. The molecule has 1 saturated heterocycles. The predicted molar refractivity (Wildman–Crippen MR) is 139 cm³/mol. The number of hydrogen-bond acceptors (Lipinski definition) is 5. The van der Waals surface area contributed by atoms with Crippen molar-refractivity contribution in [1.82, 2.24) is 20.0 Å². The lowest BCUT2D eigenvalue weighted by molar-refractivity contribution is -0.128. The summed E-state index contributed by atoms with van der Waals surface area (Å²) in [6.07, 6.45) is 9.00. The fourth-order valence-electron chi connectivity index (χ4n) is 5.45. The maximum atomic E-state index is 13.2. The maximum Gasteiger partial charge on any atom is 0.289 e. The van der Waals surface area contributed by atoms with Gasteiger partial charge in [-0.2, -0.15) is 5.10 Å². The van der Waals surface area contributed by atoms with E-state index in [4.69, 9.17) is 9.15 Å². The molecule has 2 amide bonds. The van der Waals surface area contributed by atoms with Crippen LogP contribution in [0, 0.1) is 12.3 Å². The van der Waals surface area contributed by atoms with Crippen molar-refractivity contribution in [3.63, 3.8) is 0 Å². The summed E-state index contributed by atoms with van der Waals surface area (Å²) in [7, 11) is 0. The number of furan rings is 1. The zero-order chi connectivity index (χ0) is 25.8. The molecule has 4 heterocycles. The van der Waals surface area contributed by atoms with Crippen LogP contribution in [0.2, 0.25) is 0 Å². The van der Waals surface area contributed by atoms with Gasteiger partial charge in [0.15, 0.2) is 11.9 Å². The lowest BCUT2D eigenvalue weighted by atomic mass is 9.74. The molecule has 5 rings (SSSR count). The molecule has 1 fully saturated rings. The average molecular weight is 505 g/mol. The van der Waals surface area contributed by atoms with Crippen LogP contribution in [-0.4, -0.2) is 52.2 Å². The fourth-order valence-corrected chi connectivity index (χ4v) is 5.45. The van der Waals surface area contributed by atoms with Crippen molar-refractivity contribution >= 4 is 11.8 Å². The van der Waals surface area contributed by atoms with Crippen molar-refractivity contribution in [2.45, 2.75) is 65.0 Å². The normalized spacial score (nSPS) is 20.3. The van der Waals surface area contributed by atoms with E-state index >= 15 is 0 Å². The van der Waals surface area contributed by atoms with Gasteiger partial charge in [-0.15, -0.1) is 0 Å². The molecule has 2 aliphatic rings. The number of aryl methyl sites for hydroxylation is 2. The zero-order valence-electron chi connectivity index (χ0n) is 21.7. The lowest BCUT2D eigenvalue weighted by Crippen LogP contribution is -2.49. The molecule has 2 aliphatic heterocycles. The number of piperidine rings is 1. The number of ether oxygens (including phenoxy) is 1. The number of carbonyl (C=O) groups is 2. The number of para-hydroxylation sites is 1. The van der Waals surface area contributed by atoms with Gasteiger partial charge in [0.1, 0.15) is 11.5 Å². The Labute approximate surface area is 218 Å². The topological polar surface area (TPSA) is 89.6 Å². The highest BCUT2D eigenvalue weighted by atomic mass is 16.5. The quantitative estimate of drug-likeness (QED) is 0.572. The van der Waals surface area contributed by atoms with Crippen molar-refractivity contribution < 1.29 is 18.7 Å². The van der Waals surface area contributed by atoms with E-state index in [1.165, 1.54) is 0 Å². The molecular weight excluding hydrogens is 468 g/mol. The third-order valence-corrected chi connectivity index (χ3v) is 7.75. The SMILES string of the molecule is Cc1cnn(Cc2ccc(C(=O)N3CCC4(CCCCc5ccccc5O[C@H](C)C(=O)NC4)CC3)o2)c1. The van der Waals surface area contributed by atoms with Gasteiger partial charge in [-0.3, -0.25) is 14.3 Å². The molecule has 1 atom stereocenters. The van der Waals surface area contributed by atoms with Gasteiger partial charge in [-0.25, -0.2) is 0 Å². The van der Waals surface area contributed by atoms with Crippen LogP contribution in [0.5, 0.6) is 5.75 Å². The minimum Gasteiger partial charge on any atom is -0.481 e. The molecule has 1 N–H and O–H groups in total. The molecule has 196 valence electrons. The van der Waals surface area contributed by atoms with Gasteiger partial charge in [0.25, 0.3) is 11.8 Å². The molecule has 0 unspecified atom stereocenters. The number of rotatable bonds is 3. The highest BCUT2D eigenvalue weighted by Crippen LogP contribution is 2.37.